The lowest BCUT2D eigenvalue weighted by atomic mass is 10.3. The minimum Gasteiger partial charge on any atom is -0.439 e. The van der Waals surface area contributed by atoms with E-state index in [0.29, 0.717) is 0 Å². The number of carbonyl (C=O) groups excluding carboxylic acids is 1. The van der Waals surface area contributed by atoms with Crippen LogP contribution in [-0.4, -0.2) is 27.3 Å². The quantitative estimate of drug-likeness (QED) is 0.913. The standard InChI is InChI=1S/C9H8F3NO5S/c10-9(11,12)6-17-8(14)13-19(15,16)18-7-4-2-1-3-5-7/h1-5H,6H2,(H,13,14). The first kappa shape index (κ1) is 15.1. The van der Waals surface area contributed by atoms with Gasteiger partial charge >= 0.3 is 22.6 Å². The molecule has 0 heterocycles. The minimum absolute atomic E-state index is 0.112. The predicted octanol–water partition coefficient (Wildman–Crippen LogP) is 1.60. The third-order valence-electron chi connectivity index (χ3n) is 1.52. The molecule has 1 N–H and O–H groups in total. The molecule has 10 heteroatoms. The fourth-order valence-electron chi connectivity index (χ4n) is 0.902. The number of alkyl halides is 3. The summed E-state index contributed by atoms with van der Waals surface area (Å²) in [5.41, 5.74) is 0. The largest absolute Gasteiger partial charge is 0.439 e. The summed E-state index contributed by atoms with van der Waals surface area (Å²) < 4.78 is 66.8. The molecular formula is C9H8F3NO5S. The molecule has 0 atom stereocenters. The van der Waals surface area contributed by atoms with E-state index in [2.05, 4.69) is 8.92 Å². The fraction of sp³-hybridized carbons (Fsp3) is 0.222. The van der Waals surface area contributed by atoms with Crippen molar-refractivity contribution in [2.75, 3.05) is 6.61 Å². The van der Waals surface area contributed by atoms with Crippen molar-refractivity contribution in [3.63, 3.8) is 0 Å². The monoisotopic (exact) mass is 299 g/mol. The van der Waals surface area contributed by atoms with Crippen LogP contribution in [0.1, 0.15) is 0 Å². The molecule has 1 aromatic rings. The third-order valence-corrected chi connectivity index (χ3v) is 2.35. The van der Waals surface area contributed by atoms with Gasteiger partial charge in [-0.25, -0.2) is 4.79 Å². The van der Waals surface area contributed by atoms with Gasteiger partial charge in [-0.05, 0) is 12.1 Å². The molecule has 1 aromatic carbocycles. The van der Waals surface area contributed by atoms with Gasteiger partial charge in [0.05, 0.1) is 0 Å². The summed E-state index contributed by atoms with van der Waals surface area (Å²) in [6.07, 6.45) is -6.53. The summed E-state index contributed by atoms with van der Waals surface area (Å²) in [7, 11) is -4.59. The number of carbonyl (C=O) groups is 1. The maximum atomic E-state index is 11.7. The van der Waals surface area contributed by atoms with E-state index < -0.39 is 29.2 Å². The van der Waals surface area contributed by atoms with Crippen LogP contribution in [0.2, 0.25) is 0 Å². The van der Waals surface area contributed by atoms with Crippen LogP contribution in [0.4, 0.5) is 18.0 Å². The van der Waals surface area contributed by atoms with E-state index in [1.807, 2.05) is 0 Å². The Morgan fingerprint density at radius 2 is 1.79 bits per heavy atom. The van der Waals surface area contributed by atoms with Crippen molar-refractivity contribution in [3.05, 3.63) is 30.3 Å². The maximum Gasteiger partial charge on any atom is 0.423 e. The van der Waals surface area contributed by atoms with E-state index in [4.69, 9.17) is 0 Å². The first-order chi connectivity index (χ1) is 8.68. The highest BCUT2D eigenvalue weighted by atomic mass is 32.2. The van der Waals surface area contributed by atoms with Crippen LogP contribution in [0.15, 0.2) is 30.3 Å². The van der Waals surface area contributed by atoms with E-state index in [0.717, 1.165) is 0 Å². The molecule has 0 aromatic heterocycles. The lowest BCUT2D eigenvalue weighted by molar-refractivity contribution is -0.160. The Hall–Kier alpha value is -1.97. The van der Waals surface area contributed by atoms with Gasteiger partial charge in [-0.15, -0.1) is 0 Å². The topological polar surface area (TPSA) is 81.7 Å². The van der Waals surface area contributed by atoms with E-state index in [1.165, 1.54) is 29.0 Å². The van der Waals surface area contributed by atoms with Gasteiger partial charge in [0.25, 0.3) is 0 Å². The molecule has 106 valence electrons. The predicted molar refractivity (Wildman–Crippen MR) is 56.5 cm³/mol. The molecule has 0 saturated heterocycles. The van der Waals surface area contributed by atoms with Crippen LogP contribution in [-0.2, 0) is 15.0 Å². The Labute approximate surface area is 106 Å². The SMILES string of the molecule is O=C(NS(=O)(=O)Oc1ccccc1)OCC(F)(F)F. The molecule has 6 nitrogen and oxygen atoms in total. The Bertz CT molecular complexity index is 529. The van der Waals surface area contributed by atoms with Crippen LogP contribution in [0, 0.1) is 0 Å². The number of para-hydroxylation sites is 1. The molecule has 0 spiro atoms. The molecule has 0 bridgehead atoms. The number of halogens is 3. The van der Waals surface area contributed by atoms with Crippen molar-refractivity contribution in [2.45, 2.75) is 6.18 Å². The van der Waals surface area contributed by atoms with Crippen molar-refractivity contribution in [1.29, 1.82) is 0 Å². The Balaban J connectivity index is 2.53. The second-order valence-electron chi connectivity index (χ2n) is 3.14. The number of ether oxygens (including phenoxy) is 1. The summed E-state index contributed by atoms with van der Waals surface area (Å²) in [5, 5.41) is 0. The summed E-state index contributed by atoms with van der Waals surface area (Å²) in [4.78, 5) is 10.8. The first-order valence-corrected chi connectivity index (χ1v) is 6.09. The summed E-state index contributed by atoms with van der Waals surface area (Å²) >= 11 is 0. The summed E-state index contributed by atoms with van der Waals surface area (Å²) in [6, 6.07) is 7.07. The van der Waals surface area contributed by atoms with Crippen molar-refractivity contribution < 1.29 is 35.3 Å². The summed E-state index contributed by atoms with van der Waals surface area (Å²) in [6.45, 7) is -1.90. The number of benzene rings is 1. The van der Waals surface area contributed by atoms with Gasteiger partial charge in [0.1, 0.15) is 5.75 Å². The molecule has 0 radical (unpaired) electrons. The van der Waals surface area contributed by atoms with Gasteiger partial charge in [-0.3, -0.25) is 0 Å². The molecule has 1 rings (SSSR count). The molecule has 0 aliphatic heterocycles. The zero-order valence-electron chi connectivity index (χ0n) is 9.18. The van der Waals surface area contributed by atoms with Gasteiger partial charge < -0.3 is 8.92 Å². The molecule has 0 unspecified atom stereocenters. The zero-order valence-corrected chi connectivity index (χ0v) is 9.99. The Morgan fingerprint density at radius 3 is 2.32 bits per heavy atom. The van der Waals surface area contributed by atoms with Crippen LogP contribution < -0.4 is 8.91 Å². The summed E-state index contributed by atoms with van der Waals surface area (Å²) in [5.74, 6) is -0.112. The van der Waals surface area contributed by atoms with Crippen molar-refractivity contribution in [1.82, 2.24) is 4.72 Å². The molecular weight excluding hydrogens is 291 g/mol. The fourth-order valence-corrected chi connectivity index (χ4v) is 1.57. The maximum absolute atomic E-state index is 11.7. The van der Waals surface area contributed by atoms with Gasteiger partial charge in [0, 0.05) is 0 Å². The van der Waals surface area contributed by atoms with Gasteiger partial charge in [0.2, 0.25) is 0 Å². The molecule has 0 aliphatic carbocycles. The molecule has 19 heavy (non-hydrogen) atoms. The Morgan fingerprint density at radius 1 is 1.21 bits per heavy atom. The lowest BCUT2D eigenvalue weighted by Gasteiger charge is -2.10. The van der Waals surface area contributed by atoms with E-state index in [9.17, 15) is 26.4 Å². The minimum atomic E-state index is -4.75. The lowest BCUT2D eigenvalue weighted by Crippen LogP contribution is -2.36. The average Bonchev–Trinajstić information content (AvgIpc) is 2.25. The highest BCUT2D eigenvalue weighted by Gasteiger charge is 2.30. The van der Waals surface area contributed by atoms with E-state index in [-0.39, 0.29) is 5.75 Å². The van der Waals surface area contributed by atoms with Gasteiger partial charge in [-0.2, -0.15) is 26.3 Å². The zero-order chi connectivity index (χ0) is 14.5. The van der Waals surface area contributed by atoms with Crippen LogP contribution in [0.5, 0.6) is 5.75 Å². The second-order valence-corrected chi connectivity index (χ2v) is 4.42. The van der Waals surface area contributed by atoms with E-state index in [1.54, 1.807) is 6.07 Å². The average molecular weight is 299 g/mol. The highest BCUT2D eigenvalue weighted by Crippen LogP contribution is 2.14. The number of hydrogen-bond acceptors (Lipinski definition) is 5. The molecule has 0 aliphatic rings. The Kier molecular flexibility index (Phi) is 4.59. The molecule has 0 saturated carbocycles. The van der Waals surface area contributed by atoms with Gasteiger partial charge in [-0.1, -0.05) is 18.2 Å². The number of hydrogen-bond donors (Lipinski definition) is 1. The van der Waals surface area contributed by atoms with Crippen molar-refractivity contribution >= 4 is 16.4 Å². The van der Waals surface area contributed by atoms with Crippen molar-refractivity contribution in [3.8, 4) is 5.75 Å². The van der Waals surface area contributed by atoms with Gasteiger partial charge in [0.15, 0.2) is 6.61 Å². The number of nitrogens with one attached hydrogen (secondary N) is 1. The molecule has 0 fully saturated rings. The molecule has 1 amide bonds. The smallest absolute Gasteiger partial charge is 0.423 e. The number of rotatable bonds is 4. The van der Waals surface area contributed by atoms with Crippen LogP contribution in [0.3, 0.4) is 0 Å². The third kappa shape index (κ3) is 6.50. The highest BCUT2D eigenvalue weighted by molar-refractivity contribution is 7.85. The van der Waals surface area contributed by atoms with Crippen molar-refractivity contribution in [2.24, 2.45) is 0 Å². The number of amides is 1. The first-order valence-electron chi connectivity index (χ1n) is 4.69. The van der Waals surface area contributed by atoms with Crippen LogP contribution in [0.25, 0.3) is 0 Å². The van der Waals surface area contributed by atoms with E-state index >= 15 is 0 Å². The van der Waals surface area contributed by atoms with Crippen LogP contribution >= 0.6 is 0 Å². The second kappa shape index (κ2) is 5.78. The normalized spacial score (nSPS) is 11.7.